The van der Waals surface area contributed by atoms with Crippen molar-refractivity contribution in [1.29, 1.82) is 0 Å². The number of carbonyl (C=O) groups excluding carboxylic acids is 1. The Bertz CT molecular complexity index is 1130. The van der Waals surface area contributed by atoms with Crippen LogP contribution in [0.5, 0.6) is 0 Å². The number of carbonyl (C=O) groups is 1. The number of amides is 1. The molecule has 254 valence electrons. The third-order valence-corrected chi connectivity index (χ3v) is 11.2. The van der Waals surface area contributed by atoms with Crippen LogP contribution in [0.25, 0.3) is 0 Å². The summed E-state index contributed by atoms with van der Waals surface area (Å²) < 4.78 is 50.2. The molecule has 7 unspecified atom stereocenters. The van der Waals surface area contributed by atoms with Gasteiger partial charge < -0.3 is 56.1 Å². The molecule has 5 heterocycles. The minimum atomic E-state index is -5.30. The molecular weight excluding hydrogens is 636 g/mol. The number of phosphoric acid groups is 2. The first-order valence-corrected chi connectivity index (χ1v) is 17.2. The number of rotatable bonds is 11. The first kappa shape index (κ1) is 34.6. The van der Waals surface area contributed by atoms with Crippen molar-refractivity contribution in [2.24, 2.45) is 17.4 Å². The second-order valence-electron chi connectivity index (χ2n) is 11.5. The largest absolute Gasteiger partial charge is 0.481 e. The number of piperidine rings is 1. The Hall–Kier alpha value is -0.750. The van der Waals surface area contributed by atoms with Gasteiger partial charge in [-0.25, -0.2) is 14.0 Å². The molecular formula is C21H42N7O14P2+. The van der Waals surface area contributed by atoms with Gasteiger partial charge >= 0.3 is 15.6 Å². The fourth-order valence-corrected chi connectivity index (χ4v) is 8.42. The lowest BCUT2D eigenvalue weighted by molar-refractivity contribution is -0.956. The molecule has 5 fully saturated rings. The highest BCUT2D eigenvalue weighted by Crippen LogP contribution is 2.60. The molecule has 15 atom stereocenters. The summed E-state index contributed by atoms with van der Waals surface area (Å²) in [5.74, 6) is -0.928. The van der Waals surface area contributed by atoms with E-state index in [1.165, 1.54) is 0 Å². The van der Waals surface area contributed by atoms with Gasteiger partial charge in [-0.3, -0.25) is 29.8 Å². The number of aliphatic hydroxyl groups is 4. The van der Waals surface area contributed by atoms with E-state index in [9.17, 15) is 44.1 Å². The number of ether oxygens (including phenoxy) is 2. The number of phosphoric ester groups is 2. The van der Waals surface area contributed by atoms with Crippen molar-refractivity contribution in [1.82, 2.24) is 20.9 Å². The van der Waals surface area contributed by atoms with Gasteiger partial charge in [-0.2, -0.15) is 4.31 Å². The number of hydrogen-bond acceptors (Lipinski definition) is 17. The molecule has 44 heavy (non-hydrogen) atoms. The Morgan fingerprint density at radius 2 is 1.59 bits per heavy atom. The van der Waals surface area contributed by atoms with Gasteiger partial charge in [-0.1, -0.05) is 0 Å². The lowest BCUT2D eigenvalue weighted by atomic mass is 9.96. The maximum absolute atomic E-state index is 12.5. The van der Waals surface area contributed by atoms with Gasteiger partial charge in [0.25, 0.3) is 0 Å². The van der Waals surface area contributed by atoms with Crippen molar-refractivity contribution in [3.05, 3.63) is 0 Å². The molecule has 0 saturated carbocycles. The molecule has 0 spiro atoms. The Morgan fingerprint density at radius 3 is 2.25 bits per heavy atom. The van der Waals surface area contributed by atoms with E-state index in [2.05, 4.69) is 20.3 Å². The number of nitrogens with zero attached hydrogens (tertiary/aromatic N) is 1. The number of nitrogens with two attached hydrogens (primary N) is 2. The maximum atomic E-state index is 12.5. The number of likely N-dealkylation sites (tertiary alicyclic amines) is 1. The number of quaternary nitrogens is 1. The van der Waals surface area contributed by atoms with E-state index in [0.29, 0.717) is 31.0 Å². The maximum Gasteiger partial charge on any atom is 0.481 e. The zero-order valence-electron chi connectivity index (χ0n) is 23.5. The van der Waals surface area contributed by atoms with Crippen LogP contribution in [-0.2, 0) is 36.8 Å². The Morgan fingerprint density at radius 1 is 0.955 bits per heavy atom. The van der Waals surface area contributed by atoms with E-state index >= 15 is 0 Å². The average molecular weight is 679 g/mol. The third-order valence-electron chi connectivity index (χ3n) is 8.64. The Balaban J connectivity index is 1.10. The van der Waals surface area contributed by atoms with Crippen molar-refractivity contribution < 1.29 is 71.9 Å². The third kappa shape index (κ3) is 7.52. The van der Waals surface area contributed by atoms with Crippen LogP contribution in [0, 0.1) is 5.92 Å². The first-order chi connectivity index (χ1) is 20.7. The standard InChI is InChI=1S/C21H41N7O14P2/c22-17-12-19(25-7-24-17)28(8-26-12)21-16(32)14(30)11(41-21)6-39-44(36,37)42-43(34,35)38-5-10-13(29)15(31)20(40-10)27-3-1-2-9(4-27)18(23)33/h9-17,19-21,24-26,29-32H,1-8,22H2,(H2,23,33)(H,34,35)(H,36,37)/p+1/t9?,10-,11-,12?,13-,14-,15-,16-,17?,19?,20-,21-/m1/s1. The molecule has 0 bridgehead atoms. The smallest absolute Gasteiger partial charge is 0.387 e. The van der Waals surface area contributed by atoms with Gasteiger partial charge in [0, 0.05) is 6.67 Å². The minimum Gasteiger partial charge on any atom is -0.387 e. The summed E-state index contributed by atoms with van der Waals surface area (Å²) in [7, 11) is -10.6. The fourth-order valence-electron chi connectivity index (χ4n) is 6.33. The van der Waals surface area contributed by atoms with Crippen LogP contribution >= 0.6 is 15.6 Å². The number of hydrogen-bond donors (Lipinski definition) is 12. The van der Waals surface area contributed by atoms with E-state index in [1.807, 2.05) is 0 Å². The van der Waals surface area contributed by atoms with E-state index in [0.717, 1.165) is 0 Å². The minimum absolute atomic E-state index is 0.234. The van der Waals surface area contributed by atoms with Crippen LogP contribution in [0.3, 0.4) is 0 Å². The van der Waals surface area contributed by atoms with Gasteiger partial charge in [-0.05, 0) is 12.8 Å². The monoisotopic (exact) mass is 678 g/mol. The second-order valence-corrected chi connectivity index (χ2v) is 14.6. The quantitative estimate of drug-likeness (QED) is 0.0903. The van der Waals surface area contributed by atoms with Crippen LogP contribution in [0.1, 0.15) is 12.8 Å². The Kier molecular flexibility index (Phi) is 10.8. The number of fused-ring (bicyclic) bond motifs is 1. The molecule has 5 aliphatic heterocycles. The molecule has 1 amide bonds. The van der Waals surface area contributed by atoms with Crippen molar-refractivity contribution >= 4 is 21.6 Å². The van der Waals surface area contributed by atoms with Crippen molar-refractivity contribution in [2.75, 3.05) is 39.6 Å². The lowest BCUT2D eigenvalue weighted by Gasteiger charge is -2.38. The SMILES string of the molecule is NC(=O)C1CCC[NH+]([C@@H]2O[C@H](COP(=O)(O)OP(=O)(O)OC[C@H]3O[C@@H](N4CNC5C(N)NCNC54)[C@H](O)[C@@H]3O)[C@@H](O)[C@H]2O)C1. The topological polar surface area (TPSA) is 315 Å². The average Bonchev–Trinajstić information content (AvgIpc) is 3.61. The molecule has 23 heteroatoms. The fraction of sp³-hybridized carbons (Fsp3) is 0.952. The highest BCUT2D eigenvalue weighted by Gasteiger charge is 2.53. The molecule has 21 nitrogen and oxygen atoms in total. The van der Waals surface area contributed by atoms with Crippen molar-refractivity contribution in [2.45, 2.75) is 80.3 Å². The summed E-state index contributed by atoms with van der Waals surface area (Å²) in [4.78, 5) is 34.1. The van der Waals surface area contributed by atoms with Crippen LogP contribution in [-0.4, -0.2) is 148 Å². The molecule has 0 aromatic rings. The predicted molar refractivity (Wildman–Crippen MR) is 143 cm³/mol. The normalized spacial score (nSPS) is 45.9. The van der Waals surface area contributed by atoms with Crippen LogP contribution in [0.4, 0.5) is 0 Å². The summed E-state index contributed by atoms with van der Waals surface area (Å²) in [6, 6.07) is -0.234. The molecule has 5 rings (SSSR count). The number of primary amides is 1. The molecule has 0 aromatic heterocycles. The summed E-state index contributed by atoms with van der Waals surface area (Å²) in [6.07, 6.45) is -10.1. The van der Waals surface area contributed by atoms with Crippen LogP contribution in [0.2, 0.25) is 0 Å². The van der Waals surface area contributed by atoms with E-state index in [4.69, 9.17) is 30.0 Å². The van der Waals surface area contributed by atoms with E-state index < -0.39 is 89.8 Å². The number of aliphatic hydroxyl groups excluding tert-OH is 4. The summed E-state index contributed by atoms with van der Waals surface area (Å²) in [5, 5.41) is 51.4. The highest BCUT2D eigenvalue weighted by atomic mass is 31.3. The molecule has 5 aliphatic rings. The molecule has 14 N–H and O–H groups in total. The zero-order chi connectivity index (χ0) is 32.0. The number of nitrogens with one attached hydrogen (secondary N) is 4. The van der Waals surface area contributed by atoms with E-state index in [-0.39, 0.29) is 31.6 Å². The molecule has 5 saturated heterocycles. The van der Waals surface area contributed by atoms with Gasteiger partial charge in [0.05, 0.1) is 57.3 Å². The lowest BCUT2D eigenvalue weighted by Crippen LogP contribution is -3.18. The molecule has 0 aliphatic carbocycles. The summed E-state index contributed by atoms with van der Waals surface area (Å²) in [5.41, 5.74) is 11.4. The van der Waals surface area contributed by atoms with Gasteiger partial charge in [0.15, 0.2) is 6.10 Å². The van der Waals surface area contributed by atoms with Crippen LogP contribution in [0.15, 0.2) is 0 Å². The van der Waals surface area contributed by atoms with Gasteiger partial charge in [0.1, 0.15) is 36.7 Å². The van der Waals surface area contributed by atoms with Crippen molar-refractivity contribution in [3.63, 3.8) is 0 Å². The second kappa shape index (κ2) is 13.8. The first-order valence-electron chi connectivity index (χ1n) is 14.2. The van der Waals surface area contributed by atoms with Gasteiger partial charge in [0.2, 0.25) is 12.1 Å². The van der Waals surface area contributed by atoms with Crippen LogP contribution < -0.4 is 32.3 Å². The predicted octanol–water partition coefficient (Wildman–Crippen LogP) is -7.10. The van der Waals surface area contributed by atoms with Crippen molar-refractivity contribution in [3.8, 4) is 0 Å². The van der Waals surface area contributed by atoms with E-state index in [1.54, 1.807) is 4.90 Å². The Labute approximate surface area is 251 Å². The zero-order valence-corrected chi connectivity index (χ0v) is 25.3. The molecule has 0 aromatic carbocycles. The molecule has 0 radical (unpaired) electrons. The van der Waals surface area contributed by atoms with Gasteiger partial charge in [-0.15, -0.1) is 0 Å². The summed E-state index contributed by atoms with van der Waals surface area (Å²) >= 11 is 0. The summed E-state index contributed by atoms with van der Waals surface area (Å²) in [6.45, 7) is -0.205. The highest BCUT2D eigenvalue weighted by molar-refractivity contribution is 7.61.